The van der Waals surface area contributed by atoms with Crippen LogP contribution in [0.25, 0.3) is 6.08 Å². The average molecular weight is 318 g/mol. The minimum absolute atomic E-state index is 0.0608. The van der Waals surface area contributed by atoms with Gasteiger partial charge in [0.05, 0.1) is 0 Å². The van der Waals surface area contributed by atoms with Crippen LogP contribution in [0, 0.1) is 11.3 Å². The Bertz CT molecular complexity index is 756. The summed E-state index contributed by atoms with van der Waals surface area (Å²) in [5.41, 5.74) is 1.80. The molecule has 0 heterocycles. The molecule has 0 radical (unpaired) electrons. The van der Waals surface area contributed by atoms with E-state index in [1.165, 1.54) is 0 Å². The first kappa shape index (κ1) is 17.0. The second kappa shape index (κ2) is 8.96. The molecule has 0 aliphatic carbocycles. The molecule has 1 amide bonds. The van der Waals surface area contributed by atoms with E-state index in [9.17, 15) is 10.1 Å². The smallest absolute Gasteiger partial charge is 0.262 e. The van der Waals surface area contributed by atoms with Gasteiger partial charge in [0.25, 0.3) is 5.91 Å². The van der Waals surface area contributed by atoms with E-state index in [1.807, 2.05) is 36.4 Å². The molecule has 0 fully saturated rings. The van der Waals surface area contributed by atoms with Crippen LogP contribution in [0.5, 0.6) is 5.75 Å². The first-order chi connectivity index (χ1) is 11.7. The Morgan fingerprint density at radius 1 is 1.17 bits per heavy atom. The summed E-state index contributed by atoms with van der Waals surface area (Å²) in [5, 5.41) is 12.0. The van der Waals surface area contributed by atoms with Crippen LogP contribution in [0.1, 0.15) is 11.1 Å². The molecule has 2 aromatic carbocycles. The van der Waals surface area contributed by atoms with E-state index in [0.717, 1.165) is 11.1 Å². The monoisotopic (exact) mass is 318 g/mol. The molecule has 4 heteroatoms. The summed E-state index contributed by atoms with van der Waals surface area (Å²) in [6.45, 7) is 4.40. The SMILES string of the molecule is C=CCOc1ccc(/C=C(/C#N)C(=O)NCc2ccccc2)cc1. The van der Waals surface area contributed by atoms with Gasteiger partial charge in [-0.15, -0.1) is 0 Å². The number of carbonyl (C=O) groups excluding carboxylic acids is 1. The average Bonchev–Trinajstić information content (AvgIpc) is 2.64. The maximum Gasteiger partial charge on any atom is 0.262 e. The van der Waals surface area contributed by atoms with Crippen molar-refractivity contribution in [1.82, 2.24) is 5.32 Å². The van der Waals surface area contributed by atoms with Gasteiger partial charge in [-0.05, 0) is 29.3 Å². The number of benzene rings is 2. The van der Waals surface area contributed by atoms with Crippen LogP contribution in [0.4, 0.5) is 0 Å². The van der Waals surface area contributed by atoms with E-state index in [4.69, 9.17) is 4.74 Å². The molecule has 1 N–H and O–H groups in total. The van der Waals surface area contributed by atoms with Crippen LogP contribution in [0.3, 0.4) is 0 Å². The third-order valence-corrected chi connectivity index (χ3v) is 3.22. The number of nitriles is 1. The summed E-state index contributed by atoms with van der Waals surface area (Å²) in [4.78, 5) is 12.1. The number of nitrogens with one attached hydrogen (secondary N) is 1. The number of amides is 1. The van der Waals surface area contributed by atoms with E-state index in [1.54, 1.807) is 36.4 Å². The molecule has 0 atom stereocenters. The Kier molecular flexibility index (Phi) is 6.36. The quantitative estimate of drug-likeness (QED) is 0.483. The topological polar surface area (TPSA) is 62.1 Å². The van der Waals surface area contributed by atoms with Crippen molar-refractivity contribution in [2.75, 3.05) is 6.61 Å². The van der Waals surface area contributed by atoms with Crippen molar-refractivity contribution in [1.29, 1.82) is 5.26 Å². The van der Waals surface area contributed by atoms with Gasteiger partial charge in [-0.2, -0.15) is 5.26 Å². The normalized spacial score (nSPS) is 10.5. The summed E-state index contributed by atoms with van der Waals surface area (Å²) in [7, 11) is 0. The number of carbonyl (C=O) groups is 1. The second-order valence-electron chi connectivity index (χ2n) is 5.01. The molecule has 2 rings (SSSR count). The maximum atomic E-state index is 12.1. The zero-order valence-electron chi connectivity index (χ0n) is 13.2. The van der Waals surface area contributed by atoms with Crippen molar-refractivity contribution < 1.29 is 9.53 Å². The Morgan fingerprint density at radius 3 is 2.50 bits per heavy atom. The van der Waals surface area contributed by atoms with Crippen LogP contribution in [0.15, 0.2) is 72.8 Å². The van der Waals surface area contributed by atoms with Crippen LogP contribution < -0.4 is 10.1 Å². The summed E-state index contributed by atoms with van der Waals surface area (Å²) < 4.78 is 5.39. The van der Waals surface area contributed by atoms with Gasteiger partial charge in [0.1, 0.15) is 24.0 Å². The standard InChI is InChI=1S/C20H18N2O2/c1-2-12-24-19-10-8-16(9-11-19)13-18(14-21)20(23)22-15-17-6-4-3-5-7-17/h2-11,13H,1,12,15H2,(H,22,23)/b18-13-. The number of ether oxygens (including phenoxy) is 1. The van der Waals surface area contributed by atoms with E-state index in [2.05, 4.69) is 11.9 Å². The van der Waals surface area contributed by atoms with Gasteiger partial charge in [-0.25, -0.2) is 0 Å². The number of nitrogens with zero attached hydrogens (tertiary/aromatic N) is 1. The van der Waals surface area contributed by atoms with Gasteiger partial charge in [0.15, 0.2) is 0 Å². The first-order valence-corrected chi connectivity index (χ1v) is 7.50. The molecule has 2 aromatic rings. The van der Waals surface area contributed by atoms with Crippen LogP contribution >= 0.6 is 0 Å². The van der Waals surface area contributed by atoms with E-state index < -0.39 is 5.91 Å². The van der Waals surface area contributed by atoms with Crippen LogP contribution in [-0.4, -0.2) is 12.5 Å². The first-order valence-electron chi connectivity index (χ1n) is 7.50. The highest BCUT2D eigenvalue weighted by Crippen LogP contribution is 2.14. The minimum Gasteiger partial charge on any atom is -0.490 e. The lowest BCUT2D eigenvalue weighted by Gasteiger charge is -2.05. The van der Waals surface area contributed by atoms with E-state index in [0.29, 0.717) is 18.9 Å². The highest BCUT2D eigenvalue weighted by molar-refractivity contribution is 6.01. The predicted octanol–water partition coefficient (Wildman–Crippen LogP) is 3.47. The summed E-state index contributed by atoms with van der Waals surface area (Å²) >= 11 is 0. The molecular formula is C20H18N2O2. The van der Waals surface area contributed by atoms with Gasteiger partial charge in [0, 0.05) is 6.54 Å². The van der Waals surface area contributed by atoms with Gasteiger partial charge >= 0.3 is 0 Å². The third-order valence-electron chi connectivity index (χ3n) is 3.22. The molecule has 4 nitrogen and oxygen atoms in total. The lowest BCUT2D eigenvalue weighted by Crippen LogP contribution is -2.23. The molecule has 120 valence electrons. The fourth-order valence-corrected chi connectivity index (χ4v) is 2.00. The lowest BCUT2D eigenvalue weighted by molar-refractivity contribution is -0.117. The largest absolute Gasteiger partial charge is 0.490 e. The zero-order valence-corrected chi connectivity index (χ0v) is 13.2. The highest BCUT2D eigenvalue weighted by Gasteiger charge is 2.08. The van der Waals surface area contributed by atoms with E-state index in [-0.39, 0.29) is 5.57 Å². The van der Waals surface area contributed by atoms with Crippen molar-refractivity contribution in [3.63, 3.8) is 0 Å². The van der Waals surface area contributed by atoms with Crippen molar-refractivity contribution >= 4 is 12.0 Å². The Hall–Kier alpha value is -3.32. The van der Waals surface area contributed by atoms with Crippen molar-refractivity contribution in [2.45, 2.75) is 6.54 Å². The number of rotatable bonds is 7. The summed E-state index contributed by atoms with van der Waals surface area (Å²) in [6.07, 6.45) is 3.22. The molecular weight excluding hydrogens is 300 g/mol. The molecule has 0 aromatic heterocycles. The molecule has 0 saturated heterocycles. The maximum absolute atomic E-state index is 12.1. The molecule has 0 unspecified atom stereocenters. The molecule has 0 aliphatic rings. The van der Waals surface area contributed by atoms with Gasteiger partial charge in [0.2, 0.25) is 0 Å². The fourth-order valence-electron chi connectivity index (χ4n) is 2.00. The lowest BCUT2D eigenvalue weighted by atomic mass is 10.1. The molecule has 0 saturated carbocycles. The molecule has 0 bridgehead atoms. The Labute approximate surface area is 141 Å². The second-order valence-corrected chi connectivity index (χ2v) is 5.01. The van der Waals surface area contributed by atoms with Gasteiger partial charge < -0.3 is 10.1 Å². The van der Waals surface area contributed by atoms with E-state index >= 15 is 0 Å². The Balaban J connectivity index is 2.01. The minimum atomic E-state index is -0.395. The highest BCUT2D eigenvalue weighted by atomic mass is 16.5. The number of hydrogen-bond donors (Lipinski definition) is 1. The summed E-state index contributed by atoms with van der Waals surface area (Å²) in [5.74, 6) is 0.312. The summed E-state index contributed by atoms with van der Waals surface area (Å²) in [6, 6.07) is 18.6. The number of hydrogen-bond acceptors (Lipinski definition) is 3. The molecule has 24 heavy (non-hydrogen) atoms. The van der Waals surface area contributed by atoms with Gasteiger partial charge in [-0.3, -0.25) is 4.79 Å². The predicted molar refractivity (Wildman–Crippen MR) is 94.0 cm³/mol. The molecule has 0 aliphatic heterocycles. The van der Waals surface area contributed by atoms with Crippen molar-refractivity contribution in [3.05, 3.63) is 84.0 Å². The van der Waals surface area contributed by atoms with Crippen molar-refractivity contribution in [3.8, 4) is 11.8 Å². The van der Waals surface area contributed by atoms with Gasteiger partial charge in [-0.1, -0.05) is 55.1 Å². The van der Waals surface area contributed by atoms with Crippen LogP contribution in [-0.2, 0) is 11.3 Å². The molecule has 0 spiro atoms. The van der Waals surface area contributed by atoms with Crippen LogP contribution in [0.2, 0.25) is 0 Å². The third kappa shape index (κ3) is 5.15. The Morgan fingerprint density at radius 2 is 1.88 bits per heavy atom. The fraction of sp³-hybridized carbons (Fsp3) is 0.100. The van der Waals surface area contributed by atoms with Crippen molar-refractivity contribution in [2.24, 2.45) is 0 Å². The zero-order chi connectivity index (χ0) is 17.2.